The Morgan fingerprint density at radius 1 is 1.20 bits per heavy atom. The summed E-state index contributed by atoms with van der Waals surface area (Å²) in [4.78, 5) is 0. The maximum atomic E-state index is 13.4. The van der Waals surface area contributed by atoms with Crippen molar-refractivity contribution in [3.8, 4) is 5.75 Å². The van der Waals surface area contributed by atoms with Crippen LogP contribution in [-0.4, -0.2) is 12.8 Å². The largest absolute Gasteiger partial charge is 0.493 e. The molecule has 0 bridgehead atoms. The highest BCUT2D eigenvalue weighted by molar-refractivity contribution is 5.84. The molecule has 0 unspecified atom stereocenters. The fourth-order valence-corrected chi connectivity index (χ4v) is 1.63. The molecule has 0 heterocycles. The van der Waals surface area contributed by atoms with E-state index in [2.05, 4.69) is 10.5 Å². The lowest BCUT2D eigenvalue weighted by Gasteiger charge is -2.06. The number of ether oxygens (including phenoxy) is 1. The van der Waals surface area contributed by atoms with Gasteiger partial charge < -0.3 is 4.74 Å². The van der Waals surface area contributed by atoms with Gasteiger partial charge in [-0.3, -0.25) is 5.43 Å². The summed E-state index contributed by atoms with van der Waals surface area (Å²) in [5, 5.41) is 3.93. The molecule has 0 fully saturated rings. The van der Waals surface area contributed by atoms with Crippen molar-refractivity contribution < 1.29 is 13.5 Å². The summed E-state index contributed by atoms with van der Waals surface area (Å²) >= 11 is 0. The first-order chi connectivity index (χ1) is 9.70. The minimum absolute atomic E-state index is 0.108. The van der Waals surface area contributed by atoms with Crippen LogP contribution in [0, 0.1) is 11.6 Å². The molecule has 3 nitrogen and oxygen atoms in total. The Hall–Kier alpha value is -2.43. The second-order valence-electron chi connectivity index (χ2n) is 3.97. The van der Waals surface area contributed by atoms with E-state index < -0.39 is 11.6 Å². The summed E-state index contributed by atoms with van der Waals surface area (Å²) in [7, 11) is 0. The standard InChI is InChI=1S/C15H14F2N2O/c1-2-20-15-6-4-3-5-11(15)10-18-19-14-8-7-12(16)9-13(14)17/h3-10,19H,2H2,1H3/b18-10-. The smallest absolute Gasteiger partial charge is 0.151 e. The Labute approximate surface area is 115 Å². The lowest BCUT2D eigenvalue weighted by Crippen LogP contribution is -1.98. The summed E-state index contributed by atoms with van der Waals surface area (Å²) in [6.07, 6.45) is 1.52. The van der Waals surface area contributed by atoms with Crippen molar-refractivity contribution in [2.45, 2.75) is 6.92 Å². The molecule has 0 saturated carbocycles. The molecule has 0 spiro atoms. The Bertz CT molecular complexity index is 615. The van der Waals surface area contributed by atoms with Crippen LogP contribution in [0.5, 0.6) is 5.75 Å². The van der Waals surface area contributed by atoms with Crippen LogP contribution in [0.4, 0.5) is 14.5 Å². The first kappa shape index (κ1) is 14.0. The van der Waals surface area contributed by atoms with E-state index in [1.54, 1.807) is 0 Å². The molecule has 0 aliphatic heterocycles. The number of halogens is 2. The number of benzene rings is 2. The third kappa shape index (κ3) is 3.54. The summed E-state index contributed by atoms with van der Waals surface area (Å²) in [5.41, 5.74) is 3.41. The topological polar surface area (TPSA) is 33.6 Å². The molecule has 2 rings (SSSR count). The predicted octanol–water partition coefficient (Wildman–Crippen LogP) is 3.81. The van der Waals surface area contributed by atoms with Gasteiger partial charge >= 0.3 is 0 Å². The molecular formula is C15H14F2N2O. The summed E-state index contributed by atoms with van der Waals surface area (Å²) < 4.78 is 31.6. The van der Waals surface area contributed by atoms with Gasteiger partial charge in [-0.15, -0.1) is 0 Å². The van der Waals surface area contributed by atoms with Gasteiger partial charge in [0.25, 0.3) is 0 Å². The van der Waals surface area contributed by atoms with Crippen LogP contribution in [-0.2, 0) is 0 Å². The van der Waals surface area contributed by atoms with Crippen LogP contribution in [0.25, 0.3) is 0 Å². The van der Waals surface area contributed by atoms with Crippen LogP contribution in [0.3, 0.4) is 0 Å². The van der Waals surface area contributed by atoms with Crippen molar-refractivity contribution in [2.24, 2.45) is 5.10 Å². The van der Waals surface area contributed by atoms with Crippen molar-refractivity contribution in [2.75, 3.05) is 12.0 Å². The molecule has 1 N–H and O–H groups in total. The molecule has 0 atom stereocenters. The Kier molecular flexibility index (Phi) is 4.65. The number of hydrogen-bond acceptors (Lipinski definition) is 3. The maximum absolute atomic E-state index is 13.4. The van der Waals surface area contributed by atoms with Crippen molar-refractivity contribution in [1.82, 2.24) is 0 Å². The third-order valence-electron chi connectivity index (χ3n) is 2.54. The second-order valence-corrected chi connectivity index (χ2v) is 3.97. The van der Waals surface area contributed by atoms with Gasteiger partial charge in [-0.25, -0.2) is 8.78 Å². The molecule has 0 aliphatic carbocycles. The molecule has 2 aromatic carbocycles. The fraction of sp³-hybridized carbons (Fsp3) is 0.133. The van der Waals surface area contributed by atoms with Crippen LogP contribution >= 0.6 is 0 Å². The molecule has 0 saturated heterocycles. The van der Waals surface area contributed by atoms with Crippen LogP contribution < -0.4 is 10.2 Å². The third-order valence-corrected chi connectivity index (χ3v) is 2.54. The van der Waals surface area contributed by atoms with E-state index in [9.17, 15) is 8.78 Å². The van der Waals surface area contributed by atoms with Gasteiger partial charge in [0.1, 0.15) is 11.6 Å². The predicted molar refractivity (Wildman–Crippen MR) is 75.2 cm³/mol. The van der Waals surface area contributed by atoms with E-state index in [-0.39, 0.29) is 5.69 Å². The molecule has 0 amide bonds. The van der Waals surface area contributed by atoms with Crippen LogP contribution in [0.1, 0.15) is 12.5 Å². The number of rotatable bonds is 5. The van der Waals surface area contributed by atoms with Gasteiger partial charge in [-0.2, -0.15) is 5.10 Å². The zero-order chi connectivity index (χ0) is 14.4. The van der Waals surface area contributed by atoms with Crippen molar-refractivity contribution in [1.29, 1.82) is 0 Å². The summed E-state index contributed by atoms with van der Waals surface area (Å²) in [6.45, 7) is 2.44. The number of para-hydroxylation sites is 1. The highest BCUT2D eigenvalue weighted by atomic mass is 19.1. The van der Waals surface area contributed by atoms with Gasteiger partial charge in [0.2, 0.25) is 0 Å². The van der Waals surface area contributed by atoms with Gasteiger partial charge in [-0.1, -0.05) is 12.1 Å². The SMILES string of the molecule is CCOc1ccccc1/C=N\Nc1ccc(F)cc1F. The zero-order valence-corrected chi connectivity index (χ0v) is 10.9. The second kappa shape index (κ2) is 6.65. The molecule has 0 aliphatic rings. The highest BCUT2D eigenvalue weighted by Crippen LogP contribution is 2.17. The quantitative estimate of drug-likeness (QED) is 0.665. The first-order valence-corrected chi connectivity index (χ1v) is 6.16. The van der Waals surface area contributed by atoms with Crippen LogP contribution in [0.2, 0.25) is 0 Å². The average molecular weight is 276 g/mol. The van der Waals surface area contributed by atoms with E-state index in [4.69, 9.17) is 4.74 Å². The van der Waals surface area contributed by atoms with Crippen molar-refractivity contribution in [3.05, 3.63) is 59.7 Å². The summed E-state index contributed by atoms with van der Waals surface area (Å²) in [5.74, 6) is -0.626. The van der Waals surface area contributed by atoms with Gasteiger partial charge in [-0.05, 0) is 31.2 Å². The van der Waals surface area contributed by atoms with Gasteiger partial charge in [0.05, 0.1) is 18.5 Å². The minimum Gasteiger partial charge on any atom is -0.493 e. The van der Waals surface area contributed by atoms with E-state index in [0.29, 0.717) is 12.4 Å². The number of nitrogens with zero attached hydrogens (tertiary/aromatic N) is 1. The maximum Gasteiger partial charge on any atom is 0.151 e. The highest BCUT2D eigenvalue weighted by Gasteiger charge is 2.02. The van der Waals surface area contributed by atoms with E-state index >= 15 is 0 Å². The number of hydrogen-bond donors (Lipinski definition) is 1. The minimum atomic E-state index is -0.694. The average Bonchev–Trinajstić information content (AvgIpc) is 2.43. The molecular weight excluding hydrogens is 262 g/mol. The van der Waals surface area contributed by atoms with Gasteiger partial charge in [0.15, 0.2) is 5.82 Å². The molecule has 0 aromatic heterocycles. The normalized spacial score (nSPS) is 10.8. The van der Waals surface area contributed by atoms with Crippen LogP contribution in [0.15, 0.2) is 47.6 Å². The Morgan fingerprint density at radius 3 is 2.75 bits per heavy atom. The Morgan fingerprint density at radius 2 is 2.00 bits per heavy atom. The lowest BCUT2D eigenvalue weighted by molar-refractivity contribution is 0.340. The van der Waals surface area contributed by atoms with Crippen molar-refractivity contribution >= 4 is 11.9 Å². The number of nitrogens with one attached hydrogen (secondary N) is 1. The molecule has 2 aromatic rings. The molecule has 20 heavy (non-hydrogen) atoms. The Balaban J connectivity index is 2.10. The molecule has 5 heteroatoms. The monoisotopic (exact) mass is 276 g/mol. The first-order valence-electron chi connectivity index (χ1n) is 6.16. The molecule has 104 valence electrons. The zero-order valence-electron chi connectivity index (χ0n) is 10.9. The van der Waals surface area contributed by atoms with E-state index in [0.717, 1.165) is 17.7 Å². The lowest BCUT2D eigenvalue weighted by atomic mass is 10.2. The summed E-state index contributed by atoms with van der Waals surface area (Å²) in [6, 6.07) is 10.6. The van der Waals surface area contributed by atoms with E-state index in [1.165, 1.54) is 12.3 Å². The molecule has 0 radical (unpaired) electrons. The fourth-order valence-electron chi connectivity index (χ4n) is 1.63. The van der Waals surface area contributed by atoms with E-state index in [1.807, 2.05) is 31.2 Å². The van der Waals surface area contributed by atoms with Crippen molar-refractivity contribution in [3.63, 3.8) is 0 Å². The number of hydrazone groups is 1. The number of anilines is 1. The van der Waals surface area contributed by atoms with Gasteiger partial charge in [0, 0.05) is 11.6 Å².